The highest BCUT2D eigenvalue weighted by atomic mass is 16.4. The van der Waals surface area contributed by atoms with Crippen LogP contribution in [0.15, 0.2) is 0 Å². The summed E-state index contributed by atoms with van der Waals surface area (Å²) in [6.45, 7) is 15.8. The zero-order chi connectivity index (χ0) is 15.3. The van der Waals surface area contributed by atoms with Crippen molar-refractivity contribution in [1.82, 2.24) is 15.1 Å². The lowest BCUT2D eigenvalue weighted by Crippen LogP contribution is -2.54. The SMILES string of the molecule is CC(C)NC(CCN1CCN(C(C)(C)C)CC1)C(=O)O. The number of hydrogen-bond acceptors (Lipinski definition) is 4. The van der Waals surface area contributed by atoms with Crippen molar-refractivity contribution in [3.8, 4) is 0 Å². The van der Waals surface area contributed by atoms with Crippen LogP contribution in [-0.4, -0.2) is 71.2 Å². The van der Waals surface area contributed by atoms with E-state index in [2.05, 4.69) is 35.9 Å². The molecule has 2 N–H and O–H groups in total. The van der Waals surface area contributed by atoms with Crippen LogP contribution in [0.1, 0.15) is 41.0 Å². The molecule has 5 nitrogen and oxygen atoms in total. The molecule has 1 aliphatic rings. The van der Waals surface area contributed by atoms with E-state index in [0.29, 0.717) is 6.42 Å². The largest absolute Gasteiger partial charge is 0.480 e. The number of carbonyl (C=O) groups is 1. The molecule has 0 aliphatic carbocycles. The van der Waals surface area contributed by atoms with Crippen molar-refractivity contribution in [2.45, 2.75) is 58.7 Å². The third-order valence-electron chi connectivity index (χ3n) is 3.89. The Morgan fingerprint density at radius 2 is 1.75 bits per heavy atom. The third-order valence-corrected chi connectivity index (χ3v) is 3.89. The molecule has 5 heteroatoms. The van der Waals surface area contributed by atoms with E-state index < -0.39 is 12.0 Å². The molecule has 1 saturated heterocycles. The number of piperazine rings is 1. The Hall–Kier alpha value is -0.650. The highest BCUT2D eigenvalue weighted by Gasteiger charge is 2.26. The van der Waals surface area contributed by atoms with Gasteiger partial charge in [-0.3, -0.25) is 9.69 Å². The maximum absolute atomic E-state index is 11.2. The highest BCUT2D eigenvalue weighted by Crippen LogP contribution is 2.16. The smallest absolute Gasteiger partial charge is 0.320 e. The first-order valence-corrected chi connectivity index (χ1v) is 7.66. The van der Waals surface area contributed by atoms with Crippen molar-refractivity contribution in [1.29, 1.82) is 0 Å². The van der Waals surface area contributed by atoms with Crippen LogP contribution in [0, 0.1) is 0 Å². The molecule has 1 atom stereocenters. The number of hydrogen-bond donors (Lipinski definition) is 2. The first-order valence-electron chi connectivity index (χ1n) is 7.66. The molecule has 0 aromatic rings. The normalized spacial score (nSPS) is 20.3. The second-order valence-electron chi connectivity index (χ2n) is 7.00. The minimum atomic E-state index is -0.743. The molecule has 1 rings (SSSR count). The summed E-state index contributed by atoms with van der Waals surface area (Å²) in [5.74, 6) is -0.743. The summed E-state index contributed by atoms with van der Waals surface area (Å²) in [4.78, 5) is 16.1. The molecule has 0 amide bonds. The van der Waals surface area contributed by atoms with E-state index in [0.717, 1.165) is 32.7 Å². The van der Waals surface area contributed by atoms with Gasteiger partial charge in [0.2, 0.25) is 0 Å². The molecule has 0 bridgehead atoms. The Morgan fingerprint density at radius 1 is 1.20 bits per heavy atom. The van der Waals surface area contributed by atoms with Crippen molar-refractivity contribution >= 4 is 5.97 Å². The van der Waals surface area contributed by atoms with Gasteiger partial charge in [0.1, 0.15) is 6.04 Å². The van der Waals surface area contributed by atoms with Gasteiger partial charge in [0.15, 0.2) is 0 Å². The van der Waals surface area contributed by atoms with E-state index in [4.69, 9.17) is 0 Å². The number of carboxylic acids is 1. The van der Waals surface area contributed by atoms with Gasteiger partial charge in [-0.15, -0.1) is 0 Å². The highest BCUT2D eigenvalue weighted by molar-refractivity contribution is 5.73. The topological polar surface area (TPSA) is 55.8 Å². The summed E-state index contributed by atoms with van der Waals surface area (Å²) in [5.41, 5.74) is 0.231. The van der Waals surface area contributed by atoms with Gasteiger partial charge in [0.25, 0.3) is 0 Å². The van der Waals surface area contributed by atoms with Crippen molar-refractivity contribution in [3.05, 3.63) is 0 Å². The van der Waals surface area contributed by atoms with Gasteiger partial charge in [-0.05, 0) is 27.2 Å². The van der Waals surface area contributed by atoms with Crippen LogP contribution < -0.4 is 5.32 Å². The summed E-state index contributed by atoms with van der Waals surface area (Å²) >= 11 is 0. The fraction of sp³-hybridized carbons (Fsp3) is 0.933. The minimum Gasteiger partial charge on any atom is -0.480 e. The average Bonchev–Trinajstić information content (AvgIpc) is 2.33. The first-order chi connectivity index (χ1) is 9.20. The number of rotatable bonds is 6. The van der Waals surface area contributed by atoms with Crippen molar-refractivity contribution in [2.75, 3.05) is 32.7 Å². The van der Waals surface area contributed by atoms with Crippen LogP contribution in [0.5, 0.6) is 0 Å². The van der Waals surface area contributed by atoms with E-state index >= 15 is 0 Å². The van der Waals surface area contributed by atoms with Crippen molar-refractivity contribution in [2.24, 2.45) is 0 Å². The van der Waals surface area contributed by atoms with Gasteiger partial charge >= 0.3 is 5.97 Å². The van der Waals surface area contributed by atoms with Crippen LogP contribution in [-0.2, 0) is 4.79 Å². The van der Waals surface area contributed by atoms with Gasteiger partial charge in [-0.25, -0.2) is 0 Å². The van der Waals surface area contributed by atoms with Crippen LogP contribution in [0.25, 0.3) is 0 Å². The van der Waals surface area contributed by atoms with Crippen LogP contribution in [0.3, 0.4) is 0 Å². The molecule has 0 saturated carbocycles. The minimum absolute atomic E-state index is 0.203. The van der Waals surface area contributed by atoms with Gasteiger partial charge in [0.05, 0.1) is 0 Å². The predicted octanol–water partition coefficient (Wildman–Crippen LogP) is 1.24. The molecule has 0 spiro atoms. The molecule has 1 heterocycles. The molecule has 118 valence electrons. The predicted molar refractivity (Wildman–Crippen MR) is 82.1 cm³/mol. The number of aliphatic carboxylic acids is 1. The Bertz CT molecular complexity index is 305. The maximum atomic E-state index is 11.2. The lowest BCUT2D eigenvalue weighted by Gasteiger charge is -2.42. The van der Waals surface area contributed by atoms with E-state index in [1.807, 2.05) is 13.8 Å². The molecule has 0 radical (unpaired) electrons. The molecular formula is C15H31N3O2. The molecule has 0 aromatic heterocycles. The van der Waals surface area contributed by atoms with Crippen LogP contribution >= 0.6 is 0 Å². The number of carboxylic acid groups (broad SMARTS) is 1. The lowest BCUT2D eigenvalue weighted by molar-refractivity contribution is -0.140. The molecule has 1 fully saturated rings. The van der Waals surface area contributed by atoms with Crippen LogP contribution in [0.4, 0.5) is 0 Å². The summed E-state index contributed by atoms with van der Waals surface area (Å²) < 4.78 is 0. The Labute approximate surface area is 123 Å². The summed E-state index contributed by atoms with van der Waals surface area (Å²) in [6, 6.07) is -0.232. The molecule has 1 aliphatic heterocycles. The summed E-state index contributed by atoms with van der Waals surface area (Å²) in [7, 11) is 0. The molecule has 20 heavy (non-hydrogen) atoms. The first kappa shape index (κ1) is 17.4. The second kappa shape index (κ2) is 7.38. The van der Waals surface area contributed by atoms with E-state index in [-0.39, 0.29) is 11.6 Å². The monoisotopic (exact) mass is 285 g/mol. The van der Waals surface area contributed by atoms with E-state index in [9.17, 15) is 9.90 Å². The van der Waals surface area contributed by atoms with Gasteiger partial charge < -0.3 is 15.3 Å². The van der Waals surface area contributed by atoms with Crippen molar-refractivity contribution in [3.63, 3.8) is 0 Å². The fourth-order valence-electron chi connectivity index (χ4n) is 2.63. The Morgan fingerprint density at radius 3 is 2.15 bits per heavy atom. The zero-order valence-corrected chi connectivity index (χ0v) is 13.6. The molecule has 1 unspecified atom stereocenters. The van der Waals surface area contributed by atoms with E-state index in [1.165, 1.54) is 0 Å². The summed E-state index contributed by atoms with van der Waals surface area (Å²) in [5, 5.41) is 12.3. The number of nitrogens with zero attached hydrogens (tertiary/aromatic N) is 2. The second-order valence-corrected chi connectivity index (χ2v) is 7.00. The third kappa shape index (κ3) is 5.77. The standard InChI is InChI=1S/C15H31N3O2/c1-12(2)16-13(14(19)20)6-7-17-8-10-18(11-9-17)15(3,4)5/h12-13,16H,6-11H2,1-5H3,(H,19,20). The Kier molecular flexibility index (Phi) is 6.43. The summed E-state index contributed by atoms with van der Waals surface area (Å²) in [6.07, 6.45) is 0.670. The zero-order valence-electron chi connectivity index (χ0n) is 13.6. The Balaban J connectivity index is 2.34. The fourth-order valence-corrected chi connectivity index (χ4v) is 2.63. The number of nitrogens with one attached hydrogen (secondary N) is 1. The lowest BCUT2D eigenvalue weighted by atomic mass is 10.0. The van der Waals surface area contributed by atoms with Gasteiger partial charge in [0, 0.05) is 44.3 Å². The van der Waals surface area contributed by atoms with Crippen molar-refractivity contribution < 1.29 is 9.90 Å². The van der Waals surface area contributed by atoms with E-state index in [1.54, 1.807) is 0 Å². The van der Waals surface area contributed by atoms with Crippen LogP contribution in [0.2, 0.25) is 0 Å². The maximum Gasteiger partial charge on any atom is 0.320 e. The average molecular weight is 285 g/mol. The van der Waals surface area contributed by atoms with Gasteiger partial charge in [-0.2, -0.15) is 0 Å². The quantitative estimate of drug-likeness (QED) is 0.769. The molecule has 0 aromatic carbocycles. The van der Waals surface area contributed by atoms with Gasteiger partial charge in [-0.1, -0.05) is 13.8 Å². The molecular weight excluding hydrogens is 254 g/mol.